The number of aliphatic hydroxyl groups excluding tert-OH is 1. The minimum atomic E-state index is -0.877. The highest BCUT2D eigenvalue weighted by Gasteiger charge is 2.28. The first-order valence-corrected chi connectivity index (χ1v) is 6.59. The summed E-state index contributed by atoms with van der Waals surface area (Å²) in [5, 5.41) is 12.5. The second-order valence-electron chi connectivity index (χ2n) is 5.20. The SMILES string of the molecule is CC(CO)(NC(=O)c1cc(N)cc(N)c1)c1ccccc1. The van der Waals surface area contributed by atoms with E-state index in [1.807, 2.05) is 30.3 Å². The molecule has 2 aromatic rings. The van der Waals surface area contributed by atoms with Crippen LogP contribution in [0.3, 0.4) is 0 Å². The third-order valence-corrected chi connectivity index (χ3v) is 3.36. The van der Waals surface area contributed by atoms with Crippen molar-refractivity contribution in [3.8, 4) is 0 Å². The van der Waals surface area contributed by atoms with Gasteiger partial charge in [0.25, 0.3) is 5.91 Å². The Labute approximate surface area is 123 Å². The van der Waals surface area contributed by atoms with Crippen molar-refractivity contribution in [1.82, 2.24) is 5.32 Å². The summed E-state index contributed by atoms with van der Waals surface area (Å²) >= 11 is 0. The van der Waals surface area contributed by atoms with E-state index in [0.717, 1.165) is 5.56 Å². The maximum atomic E-state index is 12.4. The van der Waals surface area contributed by atoms with E-state index in [-0.39, 0.29) is 12.5 Å². The summed E-state index contributed by atoms with van der Waals surface area (Å²) in [5.41, 5.74) is 12.5. The predicted molar refractivity (Wildman–Crippen MR) is 83.6 cm³/mol. The van der Waals surface area contributed by atoms with Crippen LogP contribution in [0.1, 0.15) is 22.8 Å². The van der Waals surface area contributed by atoms with Crippen LogP contribution < -0.4 is 16.8 Å². The first-order valence-electron chi connectivity index (χ1n) is 6.59. The van der Waals surface area contributed by atoms with Gasteiger partial charge in [-0.3, -0.25) is 4.79 Å². The fraction of sp³-hybridized carbons (Fsp3) is 0.188. The lowest BCUT2D eigenvalue weighted by Crippen LogP contribution is -2.46. The fourth-order valence-corrected chi connectivity index (χ4v) is 2.14. The van der Waals surface area contributed by atoms with Gasteiger partial charge in [-0.05, 0) is 30.7 Å². The third kappa shape index (κ3) is 3.32. The third-order valence-electron chi connectivity index (χ3n) is 3.36. The van der Waals surface area contributed by atoms with Gasteiger partial charge in [0.05, 0.1) is 12.1 Å². The molecule has 6 N–H and O–H groups in total. The van der Waals surface area contributed by atoms with Crippen LogP contribution in [0.25, 0.3) is 0 Å². The van der Waals surface area contributed by atoms with Crippen LogP contribution in [-0.4, -0.2) is 17.6 Å². The van der Waals surface area contributed by atoms with Crippen LogP contribution in [-0.2, 0) is 5.54 Å². The lowest BCUT2D eigenvalue weighted by molar-refractivity contribution is 0.0849. The number of nitrogens with two attached hydrogens (primary N) is 2. The Kier molecular flexibility index (Phi) is 4.14. The van der Waals surface area contributed by atoms with Gasteiger partial charge in [-0.2, -0.15) is 0 Å². The van der Waals surface area contributed by atoms with Crippen LogP contribution in [0.15, 0.2) is 48.5 Å². The molecule has 0 saturated heterocycles. The molecule has 1 atom stereocenters. The highest BCUT2D eigenvalue weighted by Crippen LogP contribution is 2.21. The molecule has 0 spiro atoms. The zero-order chi connectivity index (χ0) is 15.5. The standard InChI is InChI=1S/C16H19N3O2/c1-16(10-20,12-5-3-2-4-6-12)19-15(21)11-7-13(17)9-14(18)8-11/h2-9,20H,10,17-18H2,1H3,(H,19,21). The minimum absolute atomic E-state index is 0.222. The second-order valence-corrected chi connectivity index (χ2v) is 5.20. The van der Waals surface area contributed by atoms with Crippen molar-refractivity contribution in [2.75, 3.05) is 18.1 Å². The van der Waals surface area contributed by atoms with E-state index in [1.165, 1.54) is 0 Å². The van der Waals surface area contributed by atoms with Gasteiger partial charge in [0.1, 0.15) is 0 Å². The number of amides is 1. The summed E-state index contributed by atoms with van der Waals surface area (Å²) in [6.45, 7) is 1.54. The molecule has 0 aliphatic rings. The summed E-state index contributed by atoms with van der Waals surface area (Å²) < 4.78 is 0. The number of rotatable bonds is 4. The number of carbonyl (C=O) groups excluding carboxylic acids is 1. The van der Waals surface area contributed by atoms with Crippen LogP contribution in [0.5, 0.6) is 0 Å². The molecule has 0 saturated carbocycles. The van der Waals surface area contributed by atoms with Crippen LogP contribution >= 0.6 is 0 Å². The first kappa shape index (κ1) is 14.9. The minimum Gasteiger partial charge on any atom is -0.399 e. The second kappa shape index (κ2) is 5.85. The Morgan fingerprint density at radius 3 is 2.24 bits per heavy atom. The highest BCUT2D eigenvalue weighted by molar-refractivity contribution is 5.96. The maximum absolute atomic E-state index is 12.4. The van der Waals surface area contributed by atoms with E-state index in [2.05, 4.69) is 5.32 Å². The van der Waals surface area contributed by atoms with Crippen LogP contribution in [0, 0.1) is 0 Å². The van der Waals surface area contributed by atoms with E-state index in [9.17, 15) is 9.90 Å². The molecule has 0 aromatic heterocycles. The molecule has 1 amide bonds. The van der Waals surface area contributed by atoms with Crippen molar-refractivity contribution >= 4 is 17.3 Å². The van der Waals surface area contributed by atoms with Gasteiger partial charge in [-0.1, -0.05) is 30.3 Å². The zero-order valence-corrected chi connectivity index (χ0v) is 11.8. The summed E-state index contributed by atoms with van der Waals surface area (Å²) in [6.07, 6.45) is 0. The fourth-order valence-electron chi connectivity index (χ4n) is 2.14. The normalized spacial score (nSPS) is 13.4. The Morgan fingerprint density at radius 1 is 1.14 bits per heavy atom. The van der Waals surface area contributed by atoms with E-state index in [4.69, 9.17) is 11.5 Å². The van der Waals surface area contributed by atoms with Crippen LogP contribution in [0.4, 0.5) is 11.4 Å². The molecule has 2 rings (SSSR count). The molecular weight excluding hydrogens is 266 g/mol. The molecule has 0 aliphatic heterocycles. The largest absolute Gasteiger partial charge is 0.399 e. The monoisotopic (exact) mass is 285 g/mol. The van der Waals surface area contributed by atoms with E-state index in [0.29, 0.717) is 16.9 Å². The molecular formula is C16H19N3O2. The van der Waals surface area contributed by atoms with Gasteiger partial charge in [-0.25, -0.2) is 0 Å². The first-order chi connectivity index (χ1) is 9.94. The van der Waals surface area contributed by atoms with E-state index >= 15 is 0 Å². The van der Waals surface area contributed by atoms with Crippen molar-refractivity contribution in [3.05, 3.63) is 59.7 Å². The zero-order valence-electron chi connectivity index (χ0n) is 11.8. The molecule has 1 unspecified atom stereocenters. The van der Waals surface area contributed by atoms with Gasteiger partial charge < -0.3 is 21.9 Å². The van der Waals surface area contributed by atoms with Gasteiger partial charge in [0.2, 0.25) is 0 Å². The van der Waals surface area contributed by atoms with Crippen molar-refractivity contribution in [2.45, 2.75) is 12.5 Å². The lowest BCUT2D eigenvalue weighted by atomic mass is 9.92. The van der Waals surface area contributed by atoms with Gasteiger partial charge >= 0.3 is 0 Å². The van der Waals surface area contributed by atoms with Crippen molar-refractivity contribution < 1.29 is 9.90 Å². The molecule has 2 aromatic carbocycles. The molecule has 110 valence electrons. The number of nitrogens with one attached hydrogen (secondary N) is 1. The molecule has 0 fully saturated rings. The maximum Gasteiger partial charge on any atom is 0.252 e. The summed E-state index contributed by atoms with van der Waals surface area (Å²) in [6, 6.07) is 14.0. The number of hydrogen-bond acceptors (Lipinski definition) is 4. The Hall–Kier alpha value is -2.53. The number of aliphatic hydroxyl groups is 1. The Balaban J connectivity index is 2.28. The smallest absolute Gasteiger partial charge is 0.252 e. The number of carbonyl (C=O) groups is 1. The number of benzene rings is 2. The molecule has 0 bridgehead atoms. The number of nitrogen functional groups attached to an aromatic ring is 2. The summed E-state index contributed by atoms with van der Waals surface area (Å²) in [4.78, 5) is 12.4. The number of anilines is 2. The number of hydrogen-bond donors (Lipinski definition) is 4. The van der Waals surface area contributed by atoms with E-state index in [1.54, 1.807) is 25.1 Å². The van der Waals surface area contributed by atoms with Gasteiger partial charge in [0, 0.05) is 16.9 Å². The van der Waals surface area contributed by atoms with Crippen LogP contribution in [0.2, 0.25) is 0 Å². The Morgan fingerprint density at radius 2 is 1.71 bits per heavy atom. The molecule has 0 heterocycles. The van der Waals surface area contributed by atoms with Gasteiger partial charge in [0.15, 0.2) is 0 Å². The molecule has 0 aliphatic carbocycles. The average molecular weight is 285 g/mol. The quantitative estimate of drug-likeness (QED) is 0.639. The van der Waals surface area contributed by atoms with Crippen molar-refractivity contribution in [2.24, 2.45) is 0 Å². The molecule has 5 nitrogen and oxygen atoms in total. The average Bonchev–Trinajstić information content (AvgIpc) is 2.47. The van der Waals surface area contributed by atoms with Gasteiger partial charge in [-0.15, -0.1) is 0 Å². The van der Waals surface area contributed by atoms with Crippen molar-refractivity contribution in [3.63, 3.8) is 0 Å². The molecule has 5 heteroatoms. The predicted octanol–water partition coefficient (Wildman–Crippen LogP) is 1.49. The highest BCUT2D eigenvalue weighted by atomic mass is 16.3. The molecule has 0 radical (unpaired) electrons. The topological polar surface area (TPSA) is 101 Å². The summed E-state index contributed by atoms with van der Waals surface area (Å²) in [5.74, 6) is -0.339. The van der Waals surface area contributed by atoms with E-state index < -0.39 is 5.54 Å². The summed E-state index contributed by atoms with van der Waals surface area (Å²) in [7, 11) is 0. The van der Waals surface area contributed by atoms with Crippen molar-refractivity contribution in [1.29, 1.82) is 0 Å². The Bertz CT molecular complexity index is 623. The molecule has 21 heavy (non-hydrogen) atoms. The lowest BCUT2D eigenvalue weighted by Gasteiger charge is -2.29.